The van der Waals surface area contributed by atoms with Crippen LogP contribution in [-0.4, -0.2) is 36.9 Å². The predicted molar refractivity (Wildman–Crippen MR) is 114 cm³/mol. The van der Waals surface area contributed by atoms with Crippen molar-refractivity contribution in [2.24, 2.45) is 5.10 Å². The number of hydrogen-bond acceptors (Lipinski definition) is 4. The molecule has 1 saturated heterocycles. The number of hydrazone groups is 1. The van der Waals surface area contributed by atoms with E-state index in [1.807, 2.05) is 37.4 Å². The van der Waals surface area contributed by atoms with Gasteiger partial charge in [0, 0.05) is 40.8 Å². The first-order valence-corrected chi connectivity index (χ1v) is 9.81. The Morgan fingerprint density at radius 3 is 3.07 bits per heavy atom. The van der Waals surface area contributed by atoms with E-state index < -0.39 is 0 Å². The van der Waals surface area contributed by atoms with E-state index in [4.69, 9.17) is 9.47 Å². The minimum absolute atomic E-state index is 0.0871. The zero-order valence-electron chi connectivity index (χ0n) is 16.7. The van der Waals surface area contributed by atoms with Crippen LogP contribution in [-0.2, 0) is 9.53 Å². The number of nitrogens with zero attached hydrogens (tertiary/aromatic N) is 1. The van der Waals surface area contributed by atoms with Crippen molar-refractivity contribution in [1.82, 2.24) is 10.4 Å². The van der Waals surface area contributed by atoms with Gasteiger partial charge in [0.05, 0.1) is 12.8 Å². The molecule has 1 fully saturated rings. The number of rotatable bonds is 6. The normalized spacial score (nSPS) is 16.6. The van der Waals surface area contributed by atoms with E-state index in [1.54, 1.807) is 6.21 Å². The summed E-state index contributed by atoms with van der Waals surface area (Å²) >= 11 is 0. The summed E-state index contributed by atoms with van der Waals surface area (Å²) in [4.78, 5) is 15.4. The summed E-state index contributed by atoms with van der Waals surface area (Å²) in [6.45, 7) is 5.45. The van der Waals surface area contributed by atoms with Crippen LogP contribution in [0.15, 0.2) is 47.7 Å². The first-order chi connectivity index (χ1) is 14.1. The highest BCUT2D eigenvalue weighted by atomic mass is 16.5. The summed E-state index contributed by atoms with van der Waals surface area (Å²) in [7, 11) is 0. The summed E-state index contributed by atoms with van der Waals surface area (Å²) in [6.07, 6.45) is 4.50. The zero-order chi connectivity index (χ0) is 20.2. The van der Waals surface area contributed by atoms with Crippen LogP contribution in [0.25, 0.3) is 10.9 Å². The van der Waals surface area contributed by atoms with E-state index in [1.165, 1.54) is 5.56 Å². The number of aryl methyl sites for hydroxylation is 2. The lowest BCUT2D eigenvalue weighted by Gasteiger charge is -2.18. The second-order valence-corrected chi connectivity index (χ2v) is 7.43. The molecule has 6 heteroatoms. The molecule has 1 aliphatic heterocycles. The van der Waals surface area contributed by atoms with Crippen LogP contribution in [0.1, 0.15) is 34.6 Å². The Morgan fingerprint density at radius 2 is 2.24 bits per heavy atom. The van der Waals surface area contributed by atoms with Gasteiger partial charge in [0.2, 0.25) is 0 Å². The monoisotopic (exact) mass is 391 g/mol. The largest absolute Gasteiger partial charge is 0.483 e. The van der Waals surface area contributed by atoms with Crippen LogP contribution in [0.2, 0.25) is 0 Å². The van der Waals surface area contributed by atoms with Gasteiger partial charge in [0.15, 0.2) is 6.61 Å². The summed E-state index contributed by atoms with van der Waals surface area (Å²) in [6, 6.07) is 12.1. The van der Waals surface area contributed by atoms with Gasteiger partial charge in [0.1, 0.15) is 5.75 Å². The fourth-order valence-electron chi connectivity index (χ4n) is 3.83. The number of aromatic amines is 1. The summed E-state index contributed by atoms with van der Waals surface area (Å²) < 4.78 is 11.4. The average molecular weight is 391 g/mol. The molecular weight excluding hydrogens is 366 g/mol. The standard InChI is InChI=1S/C23H25N3O3/c1-15-10-16(2)23(20(11-15)18-7-9-28-13-18)29-14-22(27)26-25-12-17-4-3-5-21-19(17)6-8-24-21/h3-6,8,10-12,18,24H,7,9,13-14H2,1-2H3,(H,26,27). The molecule has 150 valence electrons. The predicted octanol–water partition coefficient (Wildman–Crippen LogP) is 3.82. The lowest BCUT2D eigenvalue weighted by Crippen LogP contribution is -2.25. The molecule has 2 N–H and O–H groups in total. The van der Waals surface area contributed by atoms with Crippen molar-refractivity contribution in [3.8, 4) is 5.75 Å². The maximum absolute atomic E-state index is 12.3. The highest BCUT2D eigenvalue weighted by molar-refractivity contribution is 5.98. The Morgan fingerprint density at radius 1 is 1.34 bits per heavy atom. The molecule has 1 aliphatic rings. The Labute approximate surface area is 169 Å². The van der Waals surface area contributed by atoms with E-state index in [9.17, 15) is 4.79 Å². The van der Waals surface area contributed by atoms with Gasteiger partial charge in [-0.3, -0.25) is 4.79 Å². The number of hydrogen-bond donors (Lipinski definition) is 2. The molecule has 29 heavy (non-hydrogen) atoms. The Bertz CT molecular complexity index is 1050. The number of fused-ring (bicyclic) bond motifs is 1. The Hall–Kier alpha value is -3.12. The van der Waals surface area contributed by atoms with Crippen molar-refractivity contribution in [1.29, 1.82) is 0 Å². The second kappa shape index (κ2) is 8.49. The van der Waals surface area contributed by atoms with Crippen molar-refractivity contribution in [3.05, 3.63) is 64.8 Å². The van der Waals surface area contributed by atoms with Gasteiger partial charge in [-0.15, -0.1) is 0 Å². The smallest absolute Gasteiger partial charge is 0.277 e. The van der Waals surface area contributed by atoms with Crippen molar-refractivity contribution < 1.29 is 14.3 Å². The third kappa shape index (κ3) is 4.32. The summed E-state index contributed by atoms with van der Waals surface area (Å²) in [5, 5.41) is 5.14. The molecule has 1 amide bonds. The molecule has 0 aliphatic carbocycles. The zero-order valence-corrected chi connectivity index (χ0v) is 16.7. The molecule has 1 aromatic heterocycles. The maximum atomic E-state index is 12.3. The lowest BCUT2D eigenvalue weighted by atomic mass is 9.93. The SMILES string of the molecule is Cc1cc(C)c(OCC(=O)NN=Cc2cccc3[nH]ccc23)c(C2CCOC2)c1. The molecule has 0 bridgehead atoms. The molecule has 1 unspecified atom stereocenters. The minimum atomic E-state index is -0.295. The molecule has 6 nitrogen and oxygen atoms in total. The second-order valence-electron chi connectivity index (χ2n) is 7.43. The van der Waals surface area contributed by atoms with E-state index in [-0.39, 0.29) is 12.5 Å². The fourth-order valence-corrected chi connectivity index (χ4v) is 3.83. The fraction of sp³-hybridized carbons (Fsp3) is 0.304. The highest BCUT2D eigenvalue weighted by Gasteiger charge is 2.23. The van der Waals surface area contributed by atoms with Crippen LogP contribution >= 0.6 is 0 Å². The first-order valence-electron chi connectivity index (χ1n) is 9.81. The highest BCUT2D eigenvalue weighted by Crippen LogP contribution is 2.35. The van der Waals surface area contributed by atoms with Crippen LogP contribution in [0.3, 0.4) is 0 Å². The van der Waals surface area contributed by atoms with E-state index in [2.05, 4.69) is 34.6 Å². The molecule has 2 aromatic carbocycles. The molecule has 1 atom stereocenters. The number of carbonyl (C=O) groups excluding carboxylic acids is 1. The van der Waals surface area contributed by atoms with E-state index in [0.717, 1.165) is 46.4 Å². The molecule has 4 rings (SSSR count). The molecule has 3 aromatic rings. The van der Waals surface area contributed by atoms with Gasteiger partial charge in [-0.05, 0) is 38.0 Å². The van der Waals surface area contributed by atoms with Gasteiger partial charge in [-0.1, -0.05) is 29.8 Å². The van der Waals surface area contributed by atoms with Gasteiger partial charge >= 0.3 is 0 Å². The number of H-pyrrole nitrogens is 1. The topological polar surface area (TPSA) is 75.7 Å². The van der Waals surface area contributed by atoms with Gasteiger partial charge in [0.25, 0.3) is 5.91 Å². The summed E-state index contributed by atoms with van der Waals surface area (Å²) in [5.41, 5.74) is 7.85. The van der Waals surface area contributed by atoms with Crippen LogP contribution < -0.4 is 10.2 Å². The first kappa shape index (κ1) is 19.2. The summed E-state index contributed by atoms with van der Waals surface area (Å²) in [5.74, 6) is 0.796. The van der Waals surface area contributed by atoms with Crippen molar-refractivity contribution >= 4 is 23.0 Å². The molecule has 0 saturated carbocycles. The number of nitrogens with one attached hydrogen (secondary N) is 2. The number of benzene rings is 2. The van der Waals surface area contributed by atoms with Crippen molar-refractivity contribution in [2.75, 3.05) is 19.8 Å². The van der Waals surface area contributed by atoms with E-state index >= 15 is 0 Å². The quantitative estimate of drug-likeness (QED) is 0.495. The number of amides is 1. The Balaban J connectivity index is 1.40. The van der Waals surface area contributed by atoms with Gasteiger partial charge in [-0.2, -0.15) is 5.10 Å². The number of aromatic nitrogens is 1. The lowest BCUT2D eigenvalue weighted by molar-refractivity contribution is -0.123. The number of carbonyl (C=O) groups is 1. The average Bonchev–Trinajstić information content (AvgIpc) is 3.39. The Kier molecular flexibility index (Phi) is 5.62. The molecule has 0 spiro atoms. The molecule has 0 radical (unpaired) electrons. The maximum Gasteiger partial charge on any atom is 0.277 e. The molecular formula is C23H25N3O3. The van der Waals surface area contributed by atoms with Crippen molar-refractivity contribution in [3.63, 3.8) is 0 Å². The van der Waals surface area contributed by atoms with Crippen LogP contribution in [0, 0.1) is 13.8 Å². The van der Waals surface area contributed by atoms with Crippen LogP contribution in [0.4, 0.5) is 0 Å². The third-order valence-electron chi connectivity index (χ3n) is 5.19. The van der Waals surface area contributed by atoms with Crippen LogP contribution in [0.5, 0.6) is 5.75 Å². The van der Waals surface area contributed by atoms with Gasteiger partial charge in [-0.25, -0.2) is 5.43 Å². The van der Waals surface area contributed by atoms with Crippen molar-refractivity contribution in [2.45, 2.75) is 26.2 Å². The number of ether oxygens (including phenoxy) is 2. The minimum Gasteiger partial charge on any atom is -0.483 e. The third-order valence-corrected chi connectivity index (χ3v) is 5.19. The van der Waals surface area contributed by atoms with E-state index in [0.29, 0.717) is 12.5 Å². The van der Waals surface area contributed by atoms with Gasteiger partial charge < -0.3 is 14.5 Å². The molecule has 2 heterocycles.